The summed E-state index contributed by atoms with van der Waals surface area (Å²) in [5.41, 5.74) is 5.62. The lowest BCUT2D eigenvalue weighted by Gasteiger charge is -2.14. The fraction of sp³-hybridized carbons (Fsp3) is 0.235. The van der Waals surface area contributed by atoms with Gasteiger partial charge in [-0.25, -0.2) is 0 Å². The molecular weight excluding hydrogens is 234 g/mol. The van der Waals surface area contributed by atoms with E-state index in [2.05, 4.69) is 5.32 Å². The first kappa shape index (κ1) is 13.3. The van der Waals surface area contributed by atoms with Crippen molar-refractivity contribution in [1.82, 2.24) is 0 Å². The van der Waals surface area contributed by atoms with Crippen LogP contribution in [0.4, 0.5) is 5.69 Å². The van der Waals surface area contributed by atoms with Gasteiger partial charge in [0.25, 0.3) is 0 Å². The molecule has 2 heteroatoms. The molecule has 2 aromatic rings. The highest BCUT2D eigenvalue weighted by Crippen LogP contribution is 2.26. The minimum atomic E-state index is 0.0867. The maximum absolute atomic E-state index is 12.8. The van der Waals surface area contributed by atoms with Crippen molar-refractivity contribution >= 4 is 11.5 Å². The molecule has 0 aliphatic rings. The summed E-state index contributed by atoms with van der Waals surface area (Å²) in [6, 6.07) is 11.7. The number of rotatable bonds is 3. The maximum atomic E-state index is 12.8. The number of anilines is 1. The third-order valence-corrected chi connectivity index (χ3v) is 3.62. The van der Waals surface area contributed by atoms with Gasteiger partial charge in [-0.05, 0) is 43.5 Å². The van der Waals surface area contributed by atoms with Crippen LogP contribution in [0, 0.1) is 20.8 Å². The van der Waals surface area contributed by atoms with Gasteiger partial charge in [0.1, 0.15) is 0 Å². The number of nitrogens with one attached hydrogen (secondary N) is 1. The summed E-state index contributed by atoms with van der Waals surface area (Å²) in [6.45, 7) is 6.00. The Kier molecular flexibility index (Phi) is 3.70. The molecule has 0 spiro atoms. The lowest BCUT2D eigenvalue weighted by atomic mass is 9.92. The second kappa shape index (κ2) is 5.27. The fourth-order valence-corrected chi connectivity index (χ4v) is 2.28. The molecule has 0 saturated heterocycles. The van der Waals surface area contributed by atoms with Crippen LogP contribution in [0.25, 0.3) is 0 Å². The smallest absolute Gasteiger partial charge is 0.195 e. The summed E-state index contributed by atoms with van der Waals surface area (Å²) in [4.78, 5) is 12.8. The number of hydrogen-bond acceptors (Lipinski definition) is 2. The Labute approximate surface area is 114 Å². The molecule has 19 heavy (non-hydrogen) atoms. The molecule has 0 aliphatic carbocycles. The van der Waals surface area contributed by atoms with Gasteiger partial charge in [-0.3, -0.25) is 4.79 Å². The van der Waals surface area contributed by atoms with Gasteiger partial charge in [-0.1, -0.05) is 30.3 Å². The standard InChI is InChI=1S/C17H19NO/c1-11-9-10-15(18-4)16(13(11)3)17(19)14-8-6-5-7-12(14)2/h5-10,18H,1-4H3. The zero-order chi connectivity index (χ0) is 14.0. The molecule has 0 radical (unpaired) electrons. The van der Waals surface area contributed by atoms with Crippen molar-refractivity contribution < 1.29 is 4.79 Å². The highest BCUT2D eigenvalue weighted by Gasteiger charge is 2.18. The predicted molar refractivity (Wildman–Crippen MR) is 80.1 cm³/mol. The molecule has 0 bridgehead atoms. The van der Waals surface area contributed by atoms with E-state index in [1.165, 1.54) is 0 Å². The van der Waals surface area contributed by atoms with Crippen molar-refractivity contribution in [3.63, 3.8) is 0 Å². The van der Waals surface area contributed by atoms with Crippen LogP contribution in [0.3, 0.4) is 0 Å². The first-order valence-corrected chi connectivity index (χ1v) is 6.44. The summed E-state index contributed by atoms with van der Waals surface area (Å²) >= 11 is 0. The molecule has 2 rings (SSSR count). The molecule has 0 fully saturated rings. The van der Waals surface area contributed by atoms with E-state index in [4.69, 9.17) is 0 Å². The van der Waals surface area contributed by atoms with Crippen LogP contribution in [-0.4, -0.2) is 12.8 Å². The van der Waals surface area contributed by atoms with Crippen LogP contribution in [0.15, 0.2) is 36.4 Å². The minimum absolute atomic E-state index is 0.0867. The monoisotopic (exact) mass is 253 g/mol. The Morgan fingerprint density at radius 2 is 1.63 bits per heavy atom. The average Bonchev–Trinajstić information content (AvgIpc) is 2.41. The van der Waals surface area contributed by atoms with E-state index < -0.39 is 0 Å². The molecule has 0 atom stereocenters. The molecule has 0 unspecified atom stereocenters. The quantitative estimate of drug-likeness (QED) is 0.841. The van der Waals surface area contributed by atoms with Gasteiger partial charge >= 0.3 is 0 Å². The van der Waals surface area contributed by atoms with E-state index in [9.17, 15) is 4.79 Å². The van der Waals surface area contributed by atoms with E-state index >= 15 is 0 Å². The number of carbonyl (C=O) groups is 1. The second-order valence-electron chi connectivity index (χ2n) is 4.82. The van der Waals surface area contributed by atoms with Gasteiger partial charge in [-0.15, -0.1) is 0 Å². The summed E-state index contributed by atoms with van der Waals surface area (Å²) in [6.07, 6.45) is 0. The van der Waals surface area contributed by atoms with Crippen LogP contribution in [-0.2, 0) is 0 Å². The number of aryl methyl sites for hydroxylation is 2. The Morgan fingerprint density at radius 3 is 2.26 bits per heavy atom. The van der Waals surface area contributed by atoms with E-state index in [1.54, 1.807) is 0 Å². The fourth-order valence-electron chi connectivity index (χ4n) is 2.28. The van der Waals surface area contributed by atoms with E-state index in [-0.39, 0.29) is 5.78 Å². The summed E-state index contributed by atoms with van der Waals surface area (Å²) < 4.78 is 0. The van der Waals surface area contributed by atoms with Crippen LogP contribution in [0.5, 0.6) is 0 Å². The third-order valence-electron chi connectivity index (χ3n) is 3.62. The van der Waals surface area contributed by atoms with Crippen molar-refractivity contribution in [1.29, 1.82) is 0 Å². The highest BCUT2D eigenvalue weighted by atomic mass is 16.1. The van der Waals surface area contributed by atoms with Gasteiger partial charge < -0.3 is 5.32 Å². The Hall–Kier alpha value is -2.09. The molecule has 0 aliphatic heterocycles. The molecule has 0 saturated carbocycles. The molecule has 0 heterocycles. The lowest BCUT2D eigenvalue weighted by Crippen LogP contribution is -2.10. The Balaban J connectivity index is 2.62. The molecule has 2 aromatic carbocycles. The van der Waals surface area contributed by atoms with Gasteiger partial charge in [0.15, 0.2) is 5.78 Å². The van der Waals surface area contributed by atoms with Crippen molar-refractivity contribution in [2.75, 3.05) is 12.4 Å². The van der Waals surface area contributed by atoms with Crippen molar-refractivity contribution in [2.45, 2.75) is 20.8 Å². The SMILES string of the molecule is CNc1ccc(C)c(C)c1C(=O)c1ccccc1C. The van der Waals surface area contributed by atoms with Gasteiger partial charge in [0.2, 0.25) is 0 Å². The van der Waals surface area contributed by atoms with E-state index in [1.807, 2.05) is 64.2 Å². The zero-order valence-electron chi connectivity index (χ0n) is 11.9. The lowest BCUT2D eigenvalue weighted by molar-refractivity contribution is 0.103. The molecular formula is C17H19NO. The predicted octanol–water partition coefficient (Wildman–Crippen LogP) is 3.88. The van der Waals surface area contributed by atoms with Crippen molar-refractivity contribution in [3.05, 3.63) is 64.2 Å². The normalized spacial score (nSPS) is 10.3. The van der Waals surface area contributed by atoms with Crippen LogP contribution in [0.1, 0.15) is 32.6 Å². The number of hydrogen-bond donors (Lipinski definition) is 1. The van der Waals surface area contributed by atoms with Crippen molar-refractivity contribution in [2.24, 2.45) is 0 Å². The van der Waals surface area contributed by atoms with E-state index in [0.29, 0.717) is 0 Å². The summed E-state index contributed by atoms with van der Waals surface area (Å²) in [5.74, 6) is 0.0867. The number of carbonyl (C=O) groups excluding carboxylic acids is 1. The van der Waals surface area contributed by atoms with Gasteiger partial charge in [0, 0.05) is 23.9 Å². The number of benzene rings is 2. The maximum Gasteiger partial charge on any atom is 0.195 e. The summed E-state index contributed by atoms with van der Waals surface area (Å²) in [7, 11) is 1.85. The largest absolute Gasteiger partial charge is 0.388 e. The van der Waals surface area contributed by atoms with Gasteiger partial charge in [-0.2, -0.15) is 0 Å². The summed E-state index contributed by atoms with van der Waals surface area (Å²) in [5, 5.41) is 3.11. The van der Waals surface area contributed by atoms with Crippen LogP contribution >= 0.6 is 0 Å². The first-order chi connectivity index (χ1) is 9.06. The average molecular weight is 253 g/mol. The van der Waals surface area contributed by atoms with Crippen LogP contribution in [0.2, 0.25) is 0 Å². The second-order valence-corrected chi connectivity index (χ2v) is 4.82. The van der Waals surface area contributed by atoms with Crippen LogP contribution < -0.4 is 5.32 Å². The first-order valence-electron chi connectivity index (χ1n) is 6.44. The van der Waals surface area contributed by atoms with Crippen molar-refractivity contribution in [3.8, 4) is 0 Å². The topological polar surface area (TPSA) is 29.1 Å². The molecule has 0 aromatic heterocycles. The Morgan fingerprint density at radius 1 is 0.947 bits per heavy atom. The molecule has 0 amide bonds. The third kappa shape index (κ3) is 2.39. The highest BCUT2D eigenvalue weighted by molar-refractivity contribution is 6.14. The van der Waals surface area contributed by atoms with Gasteiger partial charge in [0.05, 0.1) is 0 Å². The molecule has 2 nitrogen and oxygen atoms in total. The number of ketones is 1. The Bertz CT molecular complexity index is 629. The molecule has 1 N–H and O–H groups in total. The zero-order valence-corrected chi connectivity index (χ0v) is 11.9. The minimum Gasteiger partial charge on any atom is -0.388 e. The molecule has 98 valence electrons. The van der Waals surface area contributed by atoms with E-state index in [0.717, 1.165) is 33.5 Å².